The molecule has 0 unspecified atom stereocenters. The van der Waals surface area contributed by atoms with E-state index < -0.39 is 0 Å². The average molecular weight is 323 g/mol. The van der Waals surface area contributed by atoms with Crippen LogP contribution in [0.1, 0.15) is 48.2 Å². The minimum Gasteiger partial charge on any atom is -0.377 e. The lowest BCUT2D eigenvalue weighted by Crippen LogP contribution is -2.35. The van der Waals surface area contributed by atoms with Gasteiger partial charge in [-0.1, -0.05) is 30.3 Å². The van der Waals surface area contributed by atoms with Gasteiger partial charge in [-0.15, -0.1) is 0 Å². The van der Waals surface area contributed by atoms with Crippen molar-refractivity contribution >= 4 is 5.91 Å². The van der Waals surface area contributed by atoms with Gasteiger partial charge in [0, 0.05) is 25.8 Å². The number of methoxy groups -OCH3 is 1. The molecule has 1 aliphatic rings. The Kier molecular flexibility index (Phi) is 5.31. The second-order valence-corrected chi connectivity index (χ2v) is 6.43. The fourth-order valence-corrected chi connectivity index (χ4v) is 3.19. The van der Waals surface area contributed by atoms with Crippen LogP contribution in [0.4, 0.5) is 0 Å². The maximum absolute atomic E-state index is 12.5. The van der Waals surface area contributed by atoms with Crippen LogP contribution in [0.2, 0.25) is 0 Å². The summed E-state index contributed by atoms with van der Waals surface area (Å²) in [5, 5.41) is 0. The minimum absolute atomic E-state index is 0.0740. The van der Waals surface area contributed by atoms with Gasteiger partial charge in [0.2, 0.25) is 0 Å². The van der Waals surface area contributed by atoms with Gasteiger partial charge in [0.25, 0.3) is 5.91 Å². The zero-order valence-electron chi connectivity index (χ0n) is 14.5. The number of likely N-dealkylation sites (tertiary alicyclic amines) is 1. The van der Waals surface area contributed by atoms with Gasteiger partial charge in [-0.25, -0.2) is 0 Å². The molecule has 0 radical (unpaired) electrons. The fourth-order valence-electron chi connectivity index (χ4n) is 3.19. The zero-order valence-corrected chi connectivity index (χ0v) is 14.5. The Labute approximate surface area is 144 Å². The molecule has 0 aromatic heterocycles. The predicted molar refractivity (Wildman–Crippen MR) is 97.1 cm³/mol. The third-order valence-corrected chi connectivity index (χ3v) is 4.82. The molecule has 24 heavy (non-hydrogen) atoms. The zero-order chi connectivity index (χ0) is 16.9. The summed E-state index contributed by atoms with van der Waals surface area (Å²) in [7, 11) is 1.72. The van der Waals surface area contributed by atoms with Gasteiger partial charge in [0.15, 0.2) is 0 Å². The van der Waals surface area contributed by atoms with Crippen LogP contribution in [0, 0.1) is 0 Å². The molecule has 1 aliphatic heterocycles. The quantitative estimate of drug-likeness (QED) is 0.817. The van der Waals surface area contributed by atoms with E-state index in [9.17, 15) is 4.79 Å². The van der Waals surface area contributed by atoms with Crippen molar-refractivity contribution in [3.8, 4) is 11.1 Å². The highest BCUT2D eigenvalue weighted by atomic mass is 16.5. The number of hydrogen-bond acceptors (Lipinski definition) is 2. The highest BCUT2D eigenvalue weighted by Gasteiger charge is 2.18. The predicted octanol–water partition coefficient (Wildman–Crippen LogP) is 4.69. The van der Waals surface area contributed by atoms with E-state index in [0.717, 1.165) is 48.2 Å². The lowest BCUT2D eigenvalue weighted by molar-refractivity contribution is 0.0724. The molecule has 0 spiro atoms. The standard InChI is InChI=1S/C21H25NO2/c1-16(24-2)19-7-6-8-20(15-19)17-9-11-18(12-10-17)21(23)22-13-4-3-5-14-22/h6-12,15-16H,3-5,13-14H2,1-2H3/t16-/m0/s1. The van der Waals surface area contributed by atoms with Gasteiger partial charge in [-0.2, -0.15) is 0 Å². The summed E-state index contributed by atoms with van der Waals surface area (Å²) >= 11 is 0. The van der Waals surface area contributed by atoms with Crippen molar-refractivity contribution in [3.63, 3.8) is 0 Å². The largest absolute Gasteiger partial charge is 0.377 e. The second-order valence-electron chi connectivity index (χ2n) is 6.43. The van der Waals surface area contributed by atoms with Crippen molar-refractivity contribution in [3.05, 3.63) is 59.7 Å². The Hall–Kier alpha value is -2.13. The molecule has 0 saturated carbocycles. The van der Waals surface area contributed by atoms with Crippen molar-refractivity contribution in [2.24, 2.45) is 0 Å². The Morgan fingerprint density at radius 1 is 1.00 bits per heavy atom. The molecule has 3 rings (SSSR count). The van der Waals surface area contributed by atoms with Gasteiger partial charge in [0.05, 0.1) is 6.10 Å². The van der Waals surface area contributed by atoms with Gasteiger partial charge in [-0.05, 0) is 61.1 Å². The number of rotatable bonds is 4. The number of amides is 1. The first-order valence-corrected chi connectivity index (χ1v) is 8.71. The van der Waals surface area contributed by atoms with E-state index in [1.807, 2.05) is 42.2 Å². The molecule has 0 bridgehead atoms. The Morgan fingerprint density at radius 3 is 2.38 bits per heavy atom. The van der Waals surface area contributed by atoms with Crippen LogP contribution in [0.3, 0.4) is 0 Å². The van der Waals surface area contributed by atoms with Crippen molar-refractivity contribution in [1.82, 2.24) is 4.90 Å². The first kappa shape index (κ1) is 16.7. The van der Waals surface area contributed by atoms with E-state index in [4.69, 9.17) is 4.74 Å². The van der Waals surface area contributed by atoms with Crippen LogP contribution in [0.5, 0.6) is 0 Å². The number of carbonyl (C=O) groups is 1. The van der Waals surface area contributed by atoms with Crippen LogP contribution in [0.25, 0.3) is 11.1 Å². The van der Waals surface area contributed by atoms with Crippen LogP contribution in [-0.2, 0) is 4.74 Å². The van der Waals surface area contributed by atoms with E-state index >= 15 is 0 Å². The fraction of sp³-hybridized carbons (Fsp3) is 0.381. The van der Waals surface area contributed by atoms with Crippen molar-refractivity contribution in [2.45, 2.75) is 32.3 Å². The van der Waals surface area contributed by atoms with Crippen LogP contribution in [-0.4, -0.2) is 31.0 Å². The lowest BCUT2D eigenvalue weighted by Gasteiger charge is -2.26. The highest BCUT2D eigenvalue weighted by molar-refractivity contribution is 5.94. The first-order chi connectivity index (χ1) is 11.7. The summed E-state index contributed by atoms with van der Waals surface area (Å²) in [6.45, 7) is 3.81. The van der Waals surface area contributed by atoms with Crippen molar-refractivity contribution < 1.29 is 9.53 Å². The summed E-state index contributed by atoms with van der Waals surface area (Å²) < 4.78 is 5.39. The summed E-state index contributed by atoms with van der Waals surface area (Å²) in [4.78, 5) is 14.5. The average Bonchev–Trinajstić information content (AvgIpc) is 2.67. The SMILES string of the molecule is CO[C@@H](C)c1cccc(-c2ccc(C(=O)N3CCCCC3)cc2)c1. The van der Waals surface area contributed by atoms with Gasteiger partial charge < -0.3 is 9.64 Å². The van der Waals surface area contributed by atoms with E-state index in [-0.39, 0.29) is 12.0 Å². The molecule has 3 heteroatoms. The van der Waals surface area contributed by atoms with Gasteiger partial charge >= 0.3 is 0 Å². The second kappa shape index (κ2) is 7.63. The number of hydrogen-bond donors (Lipinski definition) is 0. The minimum atomic E-state index is 0.0740. The Morgan fingerprint density at radius 2 is 1.71 bits per heavy atom. The van der Waals surface area contributed by atoms with Crippen molar-refractivity contribution in [1.29, 1.82) is 0 Å². The number of piperidine rings is 1. The van der Waals surface area contributed by atoms with E-state index in [1.54, 1.807) is 7.11 Å². The molecule has 2 aromatic carbocycles. The molecule has 1 fully saturated rings. The smallest absolute Gasteiger partial charge is 0.253 e. The van der Waals surface area contributed by atoms with Crippen molar-refractivity contribution in [2.75, 3.05) is 20.2 Å². The number of nitrogens with zero attached hydrogens (tertiary/aromatic N) is 1. The normalized spacial score (nSPS) is 16.0. The maximum atomic E-state index is 12.5. The molecule has 0 aliphatic carbocycles. The topological polar surface area (TPSA) is 29.5 Å². The van der Waals surface area contributed by atoms with E-state index in [1.165, 1.54) is 6.42 Å². The third-order valence-electron chi connectivity index (χ3n) is 4.82. The number of benzene rings is 2. The van der Waals surface area contributed by atoms with Gasteiger partial charge in [0.1, 0.15) is 0 Å². The number of ether oxygens (including phenoxy) is 1. The molecule has 1 heterocycles. The van der Waals surface area contributed by atoms with E-state index in [0.29, 0.717) is 0 Å². The summed E-state index contributed by atoms with van der Waals surface area (Å²) in [5.74, 6) is 0.156. The van der Waals surface area contributed by atoms with Crippen LogP contribution in [0.15, 0.2) is 48.5 Å². The molecule has 126 valence electrons. The lowest BCUT2D eigenvalue weighted by atomic mass is 9.99. The Balaban J connectivity index is 1.78. The summed E-state index contributed by atoms with van der Waals surface area (Å²) in [5.41, 5.74) is 4.20. The molecule has 2 aromatic rings. The molecular weight excluding hydrogens is 298 g/mol. The van der Waals surface area contributed by atoms with Crippen LogP contribution < -0.4 is 0 Å². The molecule has 1 atom stereocenters. The third kappa shape index (κ3) is 3.68. The van der Waals surface area contributed by atoms with Gasteiger partial charge in [-0.3, -0.25) is 4.79 Å². The highest BCUT2D eigenvalue weighted by Crippen LogP contribution is 2.25. The molecule has 1 saturated heterocycles. The Bertz CT molecular complexity index is 687. The van der Waals surface area contributed by atoms with Crippen LogP contribution >= 0.6 is 0 Å². The molecular formula is C21H25NO2. The molecule has 3 nitrogen and oxygen atoms in total. The molecule has 1 amide bonds. The summed E-state index contributed by atoms with van der Waals surface area (Å²) in [6.07, 6.45) is 3.55. The number of carbonyl (C=O) groups excluding carboxylic acids is 1. The maximum Gasteiger partial charge on any atom is 0.253 e. The monoisotopic (exact) mass is 323 g/mol. The first-order valence-electron chi connectivity index (χ1n) is 8.71. The summed E-state index contributed by atoms with van der Waals surface area (Å²) in [6, 6.07) is 16.3. The molecule has 0 N–H and O–H groups in total. The van der Waals surface area contributed by atoms with E-state index in [2.05, 4.69) is 18.2 Å².